The van der Waals surface area contributed by atoms with Crippen LogP contribution in [-0.4, -0.2) is 4.98 Å². The Morgan fingerprint density at radius 3 is 2.60 bits per heavy atom. The molecule has 0 aliphatic rings. The van der Waals surface area contributed by atoms with Crippen LogP contribution < -0.4 is 5.73 Å². The average molecular weight is 201 g/mol. The fraction of sp³-hybridized carbons (Fsp3) is 0.286. The van der Waals surface area contributed by atoms with Crippen LogP contribution in [0, 0.1) is 13.8 Å². The fourth-order valence-electron chi connectivity index (χ4n) is 0.801. The molecular weight excluding hydrogens is 192 g/mol. The predicted molar refractivity (Wildman–Crippen MR) is 45.8 cm³/mol. The van der Waals surface area contributed by atoms with Crippen molar-refractivity contribution < 1.29 is 0 Å². The summed E-state index contributed by atoms with van der Waals surface area (Å²) in [4.78, 5) is 4.13. The minimum Gasteiger partial charge on any atom is -0.396 e. The van der Waals surface area contributed by atoms with Gasteiger partial charge in [0.15, 0.2) is 0 Å². The summed E-state index contributed by atoms with van der Waals surface area (Å²) in [6.45, 7) is 3.91. The highest BCUT2D eigenvalue weighted by atomic mass is 79.9. The van der Waals surface area contributed by atoms with Gasteiger partial charge < -0.3 is 5.73 Å². The van der Waals surface area contributed by atoms with Gasteiger partial charge >= 0.3 is 0 Å². The maximum atomic E-state index is 5.64. The molecule has 0 aliphatic heterocycles. The van der Waals surface area contributed by atoms with E-state index >= 15 is 0 Å². The number of aromatic nitrogens is 1. The number of anilines is 1. The summed E-state index contributed by atoms with van der Waals surface area (Å²) in [6.07, 6.45) is 0. The first-order valence-electron chi connectivity index (χ1n) is 3.00. The highest BCUT2D eigenvalue weighted by Crippen LogP contribution is 2.20. The van der Waals surface area contributed by atoms with Crippen molar-refractivity contribution in [2.24, 2.45) is 0 Å². The molecule has 0 saturated heterocycles. The van der Waals surface area contributed by atoms with E-state index in [4.69, 9.17) is 5.73 Å². The highest BCUT2D eigenvalue weighted by Gasteiger charge is 2.00. The lowest BCUT2D eigenvalue weighted by atomic mass is 10.2. The van der Waals surface area contributed by atoms with Crippen molar-refractivity contribution in [1.29, 1.82) is 0 Å². The monoisotopic (exact) mass is 200 g/mol. The van der Waals surface area contributed by atoms with E-state index in [2.05, 4.69) is 20.9 Å². The number of halogens is 1. The van der Waals surface area contributed by atoms with Crippen LogP contribution in [0.2, 0.25) is 0 Å². The van der Waals surface area contributed by atoms with Crippen molar-refractivity contribution in [2.75, 3.05) is 5.73 Å². The molecule has 0 radical (unpaired) electrons. The smallest absolute Gasteiger partial charge is 0.129 e. The van der Waals surface area contributed by atoms with Crippen LogP contribution in [0.5, 0.6) is 0 Å². The van der Waals surface area contributed by atoms with Crippen LogP contribution in [-0.2, 0) is 0 Å². The van der Waals surface area contributed by atoms with Gasteiger partial charge in [0.2, 0.25) is 0 Å². The van der Waals surface area contributed by atoms with E-state index in [1.165, 1.54) is 0 Å². The highest BCUT2D eigenvalue weighted by molar-refractivity contribution is 9.10. The van der Waals surface area contributed by atoms with Gasteiger partial charge in [-0.2, -0.15) is 0 Å². The number of aryl methyl sites for hydroxylation is 2. The van der Waals surface area contributed by atoms with E-state index in [0.29, 0.717) is 0 Å². The number of pyridine rings is 1. The molecule has 54 valence electrons. The zero-order valence-electron chi connectivity index (χ0n) is 5.98. The molecule has 0 saturated carbocycles. The van der Waals surface area contributed by atoms with Crippen LogP contribution >= 0.6 is 15.9 Å². The number of rotatable bonds is 0. The van der Waals surface area contributed by atoms with Crippen molar-refractivity contribution in [3.8, 4) is 0 Å². The van der Waals surface area contributed by atoms with Crippen LogP contribution in [0.25, 0.3) is 0 Å². The molecule has 2 N–H and O–H groups in total. The van der Waals surface area contributed by atoms with Gasteiger partial charge in [-0.1, -0.05) is 0 Å². The summed E-state index contributed by atoms with van der Waals surface area (Å²) in [7, 11) is 0. The Hall–Kier alpha value is -0.570. The Morgan fingerprint density at radius 2 is 2.10 bits per heavy atom. The molecule has 0 atom stereocenters. The van der Waals surface area contributed by atoms with Crippen molar-refractivity contribution in [2.45, 2.75) is 13.8 Å². The molecule has 1 heterocycles. The molecule has 0 unspecified atom stereocenters. The summed E-state index contributed by atoms with van der Waals surface area (Å²) >= 11 is 3.26. The van der Waals surface area contributed by atoms with E-state index < -0.39 is 0 Å². The standard InChI is InChI=1S/C7H9BrN2/c1-4-3-5(2)10-7(8)6(4)9/h3H,9H2,1-2H3. The van der Waals surface area contributed by atoms with Gasteiger partial charge in [0.1, 0.15) is 4.60 Å². The summed E-state index contributed by atoms with van der Waals surface area (Å²) in [5.74, 6) is 0. The third-order valence-electron chi connectivity index (χ3n) is 1.35. The van der Waals surface area contributed by atoms with Gasteiger partial charge in [-0.3, -0.25) is 0 Å². The normalized spacial score (nSPS) is 9.90. The quantitative estimate of drug-likeness (QED) is 0.652. The number of hydrogen-bond donors (Lipinski definition) is 1. The predicted octanol–water partition coefficient (Wildman–Crippen LogP) is 2.04. The van der Waals surface area contributed by atoms with Gasteiger partial charge in [0.05, 0.1) is 5.69 Å². The van der Waals surface area contributed by atoms with E-state index in [9.17, 15) is 0 Å². The second-order valence-corrected chi connectivity index (χ2v) is 3.04. The summed E-state index contributed by atoms with van der Waals surface area (Å²) < 4.78 is 0.741. The number of nitrogens with two attached hydrogens (primary N) is 1. The van der Waals surface area contributed by atoms with Gasteiger partial charge in [-0.15, -0.1) is 0 Å². The lowest BCUT2D eigenvalue weighted by Crippen LogP contribution is -1.94. The Bertz CT molecular complexity index is 235. The zero-order valence-corrected chi connectivity index (χ0v) is 7.57. The van der Waals surface area contributed by atoms with Gasteiger partial charge in [0, 0.05) is 5.69 Å². The molecule has 0 amide bonds. The van der Waals surface area contributed by atoms with Crippen LogP contribution in [0.1, 0.15) is 11.3 Å². The molecule has 1 aromatic heterocycles. The second-order valence-electron chi connectivity index (χ2n) is 2.29. The van der Waals surface area contributed by atoms with Crippen LogP contribution in [0.4, 0.5) is 5.69 Å². The van der Waals surface area contributed by atoms with Gasteiger partial charge in [-0.25, -0.2) is 4.98 Å². The maximum Gasteiger partial charge on any atom is 0.129 e. The number of nitrogen functional groups attached to an aromatic ring is 1. The summed E-state index contributed by atoms with van der Waals surface area (Å²) in [5.41, 5.74) is 8.42. The lowest BCUT2D eigenvalue weighted by molar-refractivity contribution is 1.15. The topological polar surface area (TPSA) is 38.9 Å². The van der Waals surface area contributed by atoms with Crippen molar-refractivity contribution in [3.63, 3.8) is 0 Å². The Labute approximate surface area is 68.6 Å². The first-order chi connectivity index (χ1) is 4.61. The zero-order chi connectivity index (χ0) is 7.72. The largest absolute Gasteiger partial charge is 0.396 e. The van der Waals surface area contributed by atoms with E-state index in [0.717, 1.165) is 21.5 Å². The molecule has 1 rings (SSSR count). The van der Waals surface area contributed by atoms with Crippen molar-refractivity contribution in [1.82, 2.24) is 4.98 Å². The lowest BCUT2D eigenvalue weighted by Gasteiger charge is -2.02. The molecule has 0 aromatic carbocycles. The molecule has 2 nitrogen and oxygen atoms in total. The van der Waals surface area contributed by atoms with Crippen molar-refractivity contribution >= 4 is 21.6 Å². The second kappa shape index (κ2) is 2.58. The summed E-state index contributed by atoms with van der Waals surface area (Å²) in [5, 5.41) is 0. The first-order valence-corrected chi connectivity index (χ1v) is 3.80. The molecule has 0 fully saturated rings. The Kier molecular flexibility index (Phi) is 1.94. The van der Waals surface area contributed by atoms with Crippen LogP contribution in [0.3, 0.4) is 0 Å². The van der Waals surface area contributed by atoms with E-state index in [1.807, 2.05) is 19.9 Å². The first kappa shape index (κ1) is 7.54. The average Bonchev–Trinajstić information content (AvgIpc) is 1.82. The molecule has 0 aliphatic carbocycles. The SMILES string of the molecule is Cc1cc(C)c(N)c(Br)n1. The third kappa shape index (κ3) is 1.29. The fourth-order valence-corrected chi connectivity index (χ4v) is 1.39. The minimum absolute atomic E-state index is 0.727. The number of hydrogen-bond acceptors (Lipinski definition) is 2. The molecule has 1 aromatic rings. The molecule has 10 heavy (non-hydrogen) atoms. The Morgan fingerprint density at radius 1 is 1.50 bits per heavy atom. The number of nitrogens with zero attached hydrogens (tertiary/aromatic N) is 1. The maximum absolute atomic E-state index is 5.64. The Balaban J connectivity index is 3.31. The molecule has 0 spiro atoms. The van der Waals surface area contributed by atoms with Crippen molar-refractivity contribution in [3.05, 3.63) is 21.9 Å². The summed E-state index contributed by atoms with van der Waals surface area (Å²) in [6, 6.07) is 1.96. The molecule has 3 heteroatoms. The molecular formula is C7H9BrN2. The van der Waals surface area contributed by atoms with Gasteiger partial charge in [0.25, 0.3) is 0 Å². The van der Waals surface area contributed by atoms with E-state index in [1.54, 1.807) is 0 Å². The molecule has 0 bridgehead atoms. The van der Waals surface area contributed by atoms with Gasteiger partial charge in [-0.05, 0) is 41.4 Å². The van der Waals surface area contributed by atoms with E-state index in [-0.39, 0.29) is 0 Å². The third-order valence-corrected chi connectivity index (χ3v) is 1.95. The minimum atomic E-state index is 0.727. The van der Waals surface area contributed by atoms with Crippen LogP contribution in [0.15, 0.2) is 10.7 Å².